The fraction of sp³-hybridized carbons (Fsp3) is 0.781. The summed E-state index contributed by atoms with van der Waals surface area (Å²) in [6.07, 6.45) is 6.62. The van der Waals surface area contributed by atoms with Gasteiger partial charge in [-0.25, -0.2) is 4.79 Å². The van der Waals surface area contributed by atoms with E-state index < -0.39 is 53.8 Å². The minimum Gasteiger partial charge on any atom is -0.481 e. The minimum atomic E-state index is -1.36. The summed E-state index contributed by atoms with van der Waals surface area (Å²) < 4.78 is 0. The second-order valence-electron chi connectivity index (χ2n) is 14.0. The van der Waals surface area contributed by atoms with E-state index in [-0.39, 0.29) is 35.1 Å². The molecule has 0 aliphatic heterocycles. The van der Waals surface area contributed by atoms with Crippen molar-refractivity contribution < 1.29 is 34.2 Å². The number of nitrogens with one attached hydrogen (secondary N) is 3. The summed E-state index contributed by atoms with van der Waals surface area (Å²) in [5.74, 6) is -3.41. The van der Waals surface area contributed by atoms with Gasteiger partial charge in [0.2, 0.25) is 17.7 Å². The molecule has 0 aromatic rings. The number of carbonyl (C=O) groups excluding carboxylic acids is 3. The topological polar surface area (TPSA) is 165 Å². The third kappa shape index (κ3) is 10.9. The van der Waals surface area contributed by atoms with Crippen molar-refractivity contribution in [2.24, 2.45) is 22.7 Å². The van der Waals surface area contributed by atoms with Crippen molar-refractivity contribution in [1.82, 2.24) is 20.9 Å². The number of carboxylic acids is 2. The fourth-order valence-corrected chi connectivity index (χ4v) is 6.03. The van der Waals surface area contributed by atoms with Crippen LogP contribution in [-0.2, 0) is 24.0 Å². The average molecular weight is 609 g/mol. The molecule has 1 rings (SSSR count). The van der Waals surface area contributed by atoms with Crippen LogP contribution in [0.1, 0.15) is 100 Å². The lowest BCUT2D eigenvalue weighted by Crippen LogP contribution is -2.61. The zero-order chi connectivity index (χ0) is 33.3. The predicted molar refractivity (Wildman–Crippen MR) is 166 cm³/mol. The molecule has 3 amide bonds. The number of amides is 3. The van der Waals surface area contributed by atoms with Gasteiger partial charge in [-0.05, 0) is 55.9 Å². The number of hydrogen-bond donors (Lipinski definition) is 5. The highest BCUT2D eigenvalue weighted by molar-refractivity contribution is 5.96. The first-order valence-electron chi connectivity index (χ1n) is 15.4. The lowest BCUT2D eigenvalue weighted by molar-refractivity contribution is -0.142. The van der Waals surface area contributed by atoms with E-state index in [1.165, 1.54) is 18.2 Å². The van der Waals surface area contributed by atoms with E-state index in [0.717, 1.165) is 25.7 Å². The third-order valence-electron chi connectivity index (χ3n) is 8.86. The first-order valence-corrected chi connectivity index (χ1v) is 15.4. The number of carboxylic acid groups (broad SMARTS) is 2. The molecule has 11 heteroatoms. The number of nitrogens with zero attached hydrogens (tertiary/aromatic N) is 1. The lowest BCUT2D eigenvalue weighted by Gasteiger charge is -2.43. The van der Waals surface area contributed by atoms with E-state index in [9.17, 15) is 29.1 Å². The Bertz CT molecular complexity index is 1030. The van der Waals surface area contributed by atoms with Crippen LogP contribution in [0.25, 0.3) is 0 Å². The summed E-state index contributed by atoms with van der Waals surface area (Å²) in [5, 5.41) is 27.0. The molecule has 246 valence electrons. The van der Waals surface area contributed by atoms with Crippen molar-refractivity contribution in [1.29, 1.82) is 0 Å². The minimum absolute atomic E-state index is 0.120. The van der Waals surface area contributed by atoms with Crippen LogP contribution in [0, 0.1) is 22.7 Å². The van der Waals surface area contributed by atoms with E-state index in [2.05, 4.69) is 29.8 Å². The van der Waals surface area contributed by atoms with Crippen LogP contribution in [0.3, 0.4) is 0 Å². The highest BCUT2D eigenvalue weighted by atomic mass is 16.4. The Labute approximate surface area is 257 Å². The quantitative estimate of drug-likeness (QED) is 0.176. The molecule has 4 atom stereocenters. The molecule has 0 unspecified atom stereocenters. The zero-order valence-electron chi connectivity index (χ0n) is 27.9. The Morgan fingerprint density at radius 3 is 1.93 bits per heavy atom. The van der Waals surface area contributed by atoms with Crippen molar-refractivity contribution in [2.45, 2.75) is 125 Å². The normalized spacial score (nSPS) is 17.9. The number of aliphatic carboxylic acids is 2. The second-order valence-corrected chi connectivity index (χ2v) is 14.0. The first-order chi connectivity index (χ1) is 19.7. The molecule has 0 bridgehead atoms. The molecule has 11 nitrogen and oxygen atoms in total. The molecule has 0 spiro atoms. The van der Waals surface area contributed by atoms with Crippen LogP contribution in [0.2, 0.25) is 0 Å². The van der Waals surface area contributed by atoms with Crippen LogP contribution in [-0.4, -0.2) is 83.0 Å². The van der Waals surface area contributed by atoms with Gasteiger partial charge in [-0.1, -0.05) is 73.8 Å². The summed E-state index contributed by atoms with van der Waals surface area (Å²) in [6, 6.07) is -3.24. The van der Waals surface area contributed by atoms with Crippen molar-refractivity contribution in [2.75, 3.05) is 14.1 Å². The summed E-state index contributed by atoms with van der Waals surface area (Å²) in [5.41, 5.74) is -0.742. The molecule has 1 aliphatic rings. The van der Waals surface area contributed by atoms with Crippen LogP contribution >= 0.6 is 0 Å². The molecule has 1 aliphatic carbocycles. The smallest absolute Gasteiger partial charge is 0.326 e. The van der Waals surface area contributed by atoms with Gasteiger partial charge in [0.25, 0.3) is 0 Å². The average Bonchev–Trinajstić information content (AvgIpc) is 2.91. The molecule has 0 aromatic carbocycles. The van der Waals surface area contributed by atoms with E-state index in [1.54, 1.807) is 20.2 Å². The van der Waals surface area contributed by atoms with E-state index in [4.69, 9.17) is 5.11 Å². The Hall–Kier alpha value is -2.95. The largest absolute Gasteiger partial charge is 0.481 e. The summed E-state index contributed by atoms with van der Waals surface area (Å²) >= 11 is 0. The molecule has 43 heavy (non-hydrogen) atoms. The van der Waals surface area contributed by atoms with Crippen LogP contribution in [0.5, 0.6) is 0 Å². The van der Waals surface area contributed by atoms with Gasteiger partial charge in [-0.2, -0.15) is 0 Å². The zero-order valence-corrected chi connectivity index (χ0v) is 27.9. The molecule has 1 saturated carbocycles. The molecule has 1 fully saturated rings. The summed E-state index contributed by atoms with van der Waals surface area (Å²) in [7, 11) is 3.41. The molecule has 0 radical (unpaired) electrons. The summed E-state index contributed by atoms with van der Waals surface area (Å²) in [6.45, 7) is 15.2. The molecule has 0 aromatic heterocycles. The number of rotatable bonds is 15. The Morgan fingerprint density at radius 2 is 1.49 bits per heavy atom. The van der Waals surface area contributed by atoms with Crippen LogP contribution < -0.4 is 16.0 Å². The highest BCUT2D eigenvalue weighted by Crippen LogP contribution is 2.41. The molecule has 0 saturated heterocycles. The monoisotopic (exact) mass is 608 g/mol. The Balaban J connectivity index is 3.22. The van der Waals surface area contributed by atoms with Gasteiger partial charge in [0, 0.05) is 19.0 Å². The number of carbonyl (C=O) groups is 5. The van der Waals surface area contributed by atoms with E-state index in [1.807, 2.05) is 34.6 Å². The number of hydrogen-bond acceptors (Lipinski definition) is 6. The van der Waals surface area contributed by atoms with E-state index >= 15 is 0 Å². The van der Waals surface area contributed by atoms with Gasteiger partial charge in [0.1, 0.15) is 12.1 Å². The Kier molecular flexibility index (Phi) is 14.4. The van der Waals surface area contributed by atoms with Gasteiger partial charge < -0.3 is 31.1 Å². The van der Waals surface area contributed by atoms with Crippen molar-refractivity contribution in [3.05, 3.63) is 11.6 Å². The van der Waals surface area contributed by atoms with Crippen LogP contribution in [0.15, 0.2) is 11.6 Å². The van der Waals surface area contributed by atoms with Gasteiger partial charge in [-0.15, -0.1) is 0 Å². The predicted octanol–water partition coefficient (Wildman–Crippen LogP) is 3.58. The fourth-order valence-electron chi connectivity index (χ4n) is 6.03. The Morgan fingerprint density at radius 1 is 0.930 bits per heavy atom. The standard InChI is InChI=1S/C32H56N4O7/c1-19(2)23(18-20(3)27(39)34-22(30(42)43)16-17-24(37)38)36(10)29(41)26(31(4,5)6)35-28(40)25(33-9)32(7,8)21-14-12-11-13-15-21/h18-19,21-23,25-26,33H,11-17H2,1-10H3,(H,34,39)(H,35,40)(H,37,38)(H,42,43)/b20-18+/t22-,23-,25-,26-/m1/s1. The molecular weight excluding hydrogens is 552 g/mol. The third-order valence-corrected chi connectivity index (χ3v) is 8.86. The van der Waals surface area contributed by atoms with Gasteiger partial charge in [-0.3, -0.25) is 19.2 Å². The maximum Gasteiger partial charge on any atom is 0.326 e. The highest BCUT2D eigenvalue weighted by Gasteiger charge is 2.44. The SMILES string of the molecule is CN[C@H](C(=O)N[C@H](C(=O)N(C)[C@H](/C=C(\C)C(=O)N[C@H](CCC(=O)O)C(=O)O)C(C)C)C(C)(C)C)C(C)(C)C1CCCCC1. The number of likely N-dealkylation sites (N-methyl/N-ethyl adjacent to an activating group) is 2. The molecule has 5 N–H and O–H groups in total. The van der Waals surface area contributed by atoms with Gasteiger partial charge in [0.15, 0.2) is 0 Å². The first kappa shape index (κ1) is 38.1. The van der Waals surface area contributed by atoms with Gasteiger partial charge >= 0.3 is 11.9 Å². The summed E-state index contributed by atoms with van der Waals surface area (Å²) in [4.78, 5) is 64.6. The van der Waals surface area contributed by atoms with Crippen LogP contribution in [0.4, 0.5) is 0 Å². The molecular formula is C32H56N4O7. The van der Waals surface area contributed by atoms with Gasteiger partial charge in [0.05, 0.1) is 12.1 Å². The molecule has 0 heterocycles. The lowest BCUT2D eigenvalue weighted by atomic mass is 9.66. The second kappa shape index (κ2) is 16.2. The maximum absolute atomic E-state index is 14.0. The van der Waals surface area contributed by atoms with Crippen molar-refractivity contribution >= 4 is 29.7 Å². The van der Waals surface area contributed by atoms with Crippen molar-refractivity contribution in [3.8, 4) is 0 Å². The van der Waals surface area contributed by atoms with Crippen molar-refractivity contribution in [3.63, 3.8) is 0 Å². The van der Waals surface area contributed by atoms with E-state index in [0.29, 0.717) is 5.92 Å². The maximum atomic E-state index is 14.0.